The molecule has 2 N–H and O–H groups in total. The summed E-state index contributed by atoms with van der Waals surface area (Å²) in [5.74, 6) is -1.16. The second-order valence-corrected chi connectivity index (χ2v) is 5.52. The maximum atomic E-state index is 11.8. The van der Waals surface area contributed by atoms with Crippen LogP contribution < -0.4 is 10.1 Å². The molecule has 1 rings (SSSR count). The SMILES string of the molecule is CC(C)NC(=O)/C(C#N)=C\c1ccc(OCC(=O)O)c(Br)c1. The van der Waals surface area contributed by atoms with E-state index >= 15 is 0 Å². The van der Waals surface area contributed by atoms with Gasteiger partial charge in [0, 0.05) is 6.04 Å². The number of ether oxygens (including phenoxy) is 1. The van der Waals surface area contributed by atoms with Gasteiger partial charge in [0.05, 0.1) is 4.47 Å². The summed E-state index contributed by atoms with van der Waals surface area (Å²) in [5.41, 5.74) is 0.602. The highest BCUT2D eigenvalue weighted by atomic mass is 79.9. The number of nitriles is 1. The Hall–Kier alpha value is -2.33. The van der Waals surface area contributed by atoms with Gasteiger partial charge in [0.1, 0.15) is 17.4 Å². The van der Waals surface area contributed by atoms with Crippen LogP contribution in [-0.2, 0) is 9.59 Å². The summed E-state index contributed by atoms with van der Waals surface area (Å²) in [5, 5.41) is 20.3. The number of amides is 1. The van der Waals surface area contributed by atoms with Gasteiger partial charge < -0.3 is 15.2 Å². The van der Waals surface area contributed by atoms with Gasteiger partial charge in [-0.25, -0.2) is 4.79 Å². The predicted octanol–water partition coefficient (Wildman–Crippen LogP) is 2.34. The zero-order chi connectivity index (χ0) is 16.7. The van der Waals surface area contributed by atoms with Crippen LogP contribution in [0.1, 0.15) is 19.4 Å². The fourth-order valence-electron chi connectivity index (χ4n) is 1.52. The fourth-order valence-corrected chi connectivity index (χ4v) is 2.03. The van der Waals surface area contributed by atoms with E-state index in [4.69, 9.17) is 15.1 Å². The van der Waals surface area contributed by atoms with Crippen molar-refractivity contribution in [1.29, 1.82) is 5.26 Å². The Bertz CT molecular complexity index is 647. The number of hydrogen-bond acceptors (Lipinski definition) is 4. The highest BCUT2D eigenvalue weighted by Crippen LogP contribution is 2.27. The normalized spacial score (nSPS) is 11.0. The Labute approximate surface area is 136 Å². The van der Waals surface area contributed by atoms with E-state index in [-0.39, 0.29) is 11.6 Å². The lowest BCUT2D eigenvalue weighted by Gasteiger charge is -2.08. The smallest absolute Gasteiger partial charge is 0.341 e. The molecule has 22 heavy (non-hydrogen) atoms. The van der Waals surface area contributed by atoms with Crippen molar-refractivity contribution in [1.82, 2.24) is 5.32 Å². The van der Waals surface area contributed by atoms with Gasteiger partial charge >= 0.3 is 5.97 Å². The van der Waals surface area contributed by atoms with Crippen LogP contribution in [0.4, 0.5) is 0 Å². The number of rotatable bonds is 6. The first-order valence-corrected chi connectivity index (χ1v) is 7.19. The first kappa shape index (κ1) is 17.7. The summed E-state index contributed by atoms with van der Waals surface area (Å²) in [7, 11) is 0. The molecule has 0 unspecified atom stereocenters. The molecule has 0 spiro atoms. The predicted molar refractivity (Wildman–Crippen MR) is 84.1 cm³/mol. The molecule has 116 valence electrons. The molecule has 1 aromatic carbocycles. The van der Waals surface area contributed by atoms with E-state index in [1.807, 2.05) is 6.07 Å². The molecule has 0 fully saturated rings. The van der Waals surface area contributed by atoms with Crippen LogP contribution in [0.5, 0.6) is 5.75 Å². The second-order valence-electron chi connectivity index (χ2n) is 4.67. The molecule has 0 bridgehead atoms. The topological polar surface area (TPSA) is 99.4 Å². The number of halogens is 1. The van der Waals surface area contributed by atoms with Crippen molar-refractivity contribution < 1.29 is 19.4 Å². The molecular weight excluding hydrogens is 352 g/mol. The number of nitrogens with one attached hydrogen (secondary N) is 1. The Kier molecular flexibility index (Phi) is 6.60. The molecule has 0 aliphatic heterocycles. The molecular formula is C15H15BrN2O4. The molecule has 1 aromatic rings. The summed E-state index contributed by atoms with van der Waals surface area (Å²) in [6.45, 7) is 3.16. The summed E-state index contributed by atoms with van der Waals surface area (Å²) < 4.78 is 5.60. The van der Waals surface area contributed by atoms with Crippen molar-refractivity contribution in [3.05, 3.63) is 33.8 Å². The number of hydrogen-bond donors (Lipinski definition) is 2. The number of carbonyl (C=O) groups excluding carboxylic acids is 1. The number of aliphatic carboxylic acids is 1. The van der Waals surface area contributed by atoms with Crippen LogP contribution >= 0.6 is 15.9 Å². The average Bonchev–Trinajstić information content (AvgIpc) is 2.42. The zero-order valence-corrected chi connectivity index (χ0v) is 13.7. The minimum atomic E-state index is -1.08. The third-order valence-electron chi connectivity index (χ3n) is 2.40. The van der Waals surface area contributed by atoms with Crippen LogP contribution in [0, 0.1) is 11.3 Å². The van der Waals surface area contributed by atoms with Gasteiger partial charge in [-0.15, -0.1) is 0 Å². The molecule has 7 heteroatoms. The first-order valence-electron chi connectivity index (χ1n) is 6.40. The van der Waals surface area contributed by atoms with Crippen molar-refractivity contribution in [3.63, 3.8) is 0 Å². The van der Waals surface area contributed by atoms with Gasteiger partial charge in [0.15, 0.2) is 6.61 Å². The highest BCUT2D eigenvalue weighted by molar-refractivity contribution is 9.10. The Morgan fingerprint density at radius 1 is 1.50 bits per heavy atom. The minimum absolute atomic E-state index is 0.0141. The van der Waals surface area contributed by atoms with E-state index in [2.05, 4.69) is 21.2 Å². The molecule has 0 radical (unpaired) electrons. The van der Waals surface area contributed by atoms with Crippen LogP contribution in [0.3, 0.4) is 0 Å². The van der Waals surface area contributed by atoms with Crippen molar-refractivity contribution in [2.75, 3.05) is 6.61 Å². The Balaban J connectivity index is 2.95. The number of carboxylic acid groups (broad SMARTS) is 1. The maximum Gasteiger partial charge on any atom is 0.341 e. The molecule has 1 amide bonds. The maximum absolute atomic E-state index is 11.8. The van der Waals surface area contributed by atoms with Gasteiger partial charge in [-0.3, -0.25) is 4.79 Å². The third-order valence-corrected chi connectivity index (χ3v) is 3.02. The third kappa shape index (κ3) is 5.58. The number of benzene rings is 1. The van der Waals surface area contributed by atoms with Crippen molar-refractivity contribution in [2.24, 2.45) is 0 Å². The van der Waals surface area contributed by atoms with E-state index < -0.39 is 18.5 Å². The van der Waals surface area contributed by atoms with Gasteiger partial charge in [0.2, 0.25) is 0 Å². The lowest BCUT2D eigenvalue weighted by molar-refractivity contribution is -0.139. The number of carbonyl (C=O) groups is 2. The first-order chi connectivity index (χ1) is 10.3. The zero-order valence-electron chi connectivity index (χ0n) is 12.1. The number of nitrogens with zero attached hydrogens (tertiary/aromatic N) is 1. The van der Waals surface area contributed by atoms with Crippen LogP contribution in [0.2, 0.25) is 0 Å². The van der Waals surface area contributed by atoms with Crippen molar-refractivity contribution in [3.8, 4) is 11.8 Å². The summed E-state index contributed by atoms with van der Waals surface area (Å²) in [6.07, 6.45) is 1.45. The van der Waals surface area contributed by atoms with Crippen molar-refractivity contribution in [2.45, 2.75) is 19.9 Å². The van der Waals surface area contributed by atoms with Gasteiger partial charge in [-0.2, -0.15) is 5.26 Å². The summed E-state index contributed by atoms with van der Waals surface area (Å²) in [6, 6.07) is 6.61. The number of carboxylic acids is 1. The largest absolute Gasteiger partial charge is 0.481 e. The molecule has 6 nitrogen and oxygen atoms in total. The summed E-state index contributed by atoms with van der Waals surface area (Å²) in [4.78, 5) is 22.3. The molecule has 0 aliphatic rings. The minimum Gasteiger partial charge on any atom is -0.481 e. The molecule has 0 aliphatic carbocycles. The average molecular weight is 367 g/mol. The standard InChI is InChI=1S/C15H15BrN2O4/c1-9(2)18-15(21)11(7-17)5-10-3-4-13(12(16)6-10)22-8-14(19)20/h3-6,9H,8H2,1-2H3,(H,18,21)(H,19,20)/b11-5-. The summed E-state index contributed by atoms with van der Waals surface area (Å²) >= 11 is 3.26. The lowest BCUT2D eigenvalue weighted by Crippen LogP contribution is -2.30. The van der Waals surface area contributed by atoms with Gasteiger partial charge in [-0.05, 0) is 53.5 Å². The highest BCUT2D eigenvalue weighted by Gasteiger charge is 2.11. The van der Waals surface area contributed by atoms with Gasteiger partial charge in [-0.1, -0.05) is 6.07 Å². The fraction of sp³-hybridized carbons (Fsp3) is 0.267. The van der Waals surface area contributed by atoms with Gasteiger partial charge in [0.25, 0.3) is 5.91 Å². The molecule has 0 aromatic heterocycles. The second kappa shape index (κ2) is 8.20. The van der Waals surface area contributed by atoms with Crippen LogP contribution in [0.25, 0.3) is 6.08 Å². The molecule has 0 atom stereocenters. The van der Waals surface area contributed by atoms with E-state index in [1.165, 1.54) is 6.08 Å². The van der Waals surface area contributed by atoms with E-state index in [0.717, 1.165) is 0 Å². The van der Waals surface area contributed by atoms with E-state index in [0.29, 0.717) is 15.8 Å². The van der Waals surface area contributed by atoms with Crippen LogP contribution in [0.15, 0.2) is 28.2 Å². The molecule has 0 saturated heterocycles. The quantitative estimate of drug-likeness (QED) is 0.594. The lowest BCUT2D eigenvalue weighted by atomic mass is 10.1. The molecule has 0 saturated carbocycles. The van der Waals surface area contributed by atoms with E-state index in [1.54, 1.807) is 32.0 Å². The molecule has 0 heterocycles. The monoisotopic (exact) mass is 366 g/mol. The Morgan fingerprint density at radius 2 is 2.18 bits per heavy atom. The van der Waals surface area contributed by atoms with E-state index in [9.17, 15) is 9.59 Å². The van der Waals surface area contributed by atoms with Crippen molar-refractivity contribution >= 4 is 33.9 Å². The Morgan fingerprint density at radius 3 is 2.68 bits per heavy atom. The van der Waals surface area contributed by atoms with Crippen LogP contribution in [-0.4, -0.2) is 29.6 Å².